The van der Waals surface area contributed by atoms with E-state index >= 15 is 0 Å². The molecule has 0 aromatic heterocycles. The van der Waals surface area contributed by atoms with Crippen molar-refractivity contribution < 1.29 is 9.59 Å². The molecule has 0 fully saturated rings. The van der Waals surface area contributed by atoms with E-state index in [-0.39, 0.29) is 11.8 Å². The minimum Gasteiger partial charge on any atom is -0.383 e. The first-order valence-corrected chi connectivity index (χ1v) is 8.85. The van der Waals surface area contributed by atoms with Crippen molar-refractivity contribution in [3.8, 4) is 0 Å². The van der Waals surface area contributed by atoms with Crippen molar-refractivity contribution in [1.82, 2.24) is 14.7 Å². The maximum atomic E-state index is 12.9. The summed E-state index contributed by atoms with van der Waals surface area (Å²) in [7, 11) is 7.91. The minimum absolute atomic E-state index is 0.208. The number of amides is 2. The molecule has 0 spiro atoms. The number of nitrogens with one attached hydrogen (secondary N) is 1. The molecule has 0 unspecified atom stereocenters. The average molecular weight is 354 g/mol. The molecular formula is C20H26N4O2. The SMILES string of the molecule is CN(C)CCNc1ccc2c3c(cccc13)C(=O)N(CCN(C)C)C2=O. The zero-order chi connectivity index (χ0) is 18.8. The number of hydrogen-bond donors (Lipinski definition) is 1. The van der Waals surface area contributed by atoms with E-state index in [1.807, 2.05) is 63.4 Å². The number of imide groups is 1. The molecule has 6 nitrogen and oxygen atoms in total. The molecule has 3 rings (SSSR count). The highest BCUT2D eigenvalue weighted by atomic mass is 16.2. The largest absolute Gasteiger partial charge is 0.383 e. The molecule has 1 heterocycles. The minimum atomic E-state index is -0.208. The van der Waals surface area contributed by atoms with E-state index in [4.69, 9.17) is 0 Å². The molecule has 1 aliphatic rings. The zero-order valence-electron chi connectivity index (χ0n) is 15.9. The number of benzene rings is 2. The molecule has 2 aromatic carbocycles. The summed E-state index contributed by atoms with van der Waals surface area (Å²) in [5, 5.41) is 5.10. The first-order chi connectivity index (χ1) is 12.4. The molecule has 26 heavy (non-hydrogen) atoms. The lowest BCUT2D eigenvalue weighted by atomic mass is 9.93. The Morgan fingerprint density at radius 2 is 1.54 bits per heavy atom. The fraction of sp³-hybridized carbons (Fsp3) is 0.400. The molecule has 138 valence electrons. The van der Waals surface area contributed by atoms with Gasteiger partial charge in [-0.05, 0) is 46.4 Å². The van der Waals surface area contributed by atoms with Crippen LogP contribution in [-0.2, 0) is 0 Å². The second kappa shape index (κ2) is 7.43. The van der Waals surface area contributed by atoms with Gasteiger partial charge in [0.2, 0.25) is 0 Å². The monoisotopic (exact) mass is 354 g/mol. The Morgan fingerprint density at radius 3 is 2.19 bits per heavy atom. The first-order valence-electron chi connectivity index (χ1n) is 8.85. The summed E-state index contributed by atoms with van der Waals surface area (Å²) < 4.78 is 0. The topological polar surface area (TPSA) is 55.9 Å². The van der Waals surface area contributed by atoms with Gasteiger partial charge in [0.15, 0.2) is 0 Å². The molecule has 0 saturated carbocycles. The Hall–Kier alpha value is -2.44. The van der Waals surface area contributed by atoms with Gasteiger partial charge in [-0.2, -0.15) is 0 Å². The van der Waals surface area contributed by atoms with Crippen LogP contribution in [0.25, 0.3) is 10.8 Å². The lowest BCUT2D eigenvalue weighted by molar-refractivity contribution is 0.0601. The van der Waals surface area contributed by atoms with Crippen molar-refractivity contribution in [3.63, 3.8) is 0 Å². The molecule has 1 aliphatic heterocycles. The van der Waals surface area contributed by atoms with E-state index in [1.165, 1.54) is 4.90 Å². The van der Waals surface area contributed by atoms with Crippen molar-refractivity contribution in [1.29, 1.82) is 0 Å². The van der Waals surface area contributed by atoms with Crippen LogP contribution in [0.15, 0.2) is 30.3 Å². The van der Waals surface area contributed by atoms with E-state index in [0.29, 0.717) is 24.2 Å². The predicted molar refractivity (Wildman–Crippen MR) is 105 cm³/mol. The Labute approximate surface area is 154 Å². The van der Waals surface area contributed by atoms with Crippen LogP contribution < -0.4 is 5.32 Å². The summed E-state index contributed by atoms with van der Waals surface area (Å²) in [5.74, 6) is -0.416. The summed E-state index contributed by atoms with van der Waals surface area (Å²) in [6, 6.07) is 9.44. The van der Waals surface area contributed by atoms with Crippen molar-refractivity contribution in [2.45, 2.75) is 0 Å². The van der Waals surface area contributed by atoms with Crippen LogP contribution in [0.2, 0.25) is 0 Å². The molecule has 2 aromatic rings. The number of hydrogen-bond acceptors (Lipinski definition) is 5. The van der Waals surface area contributed by atoms with Gasteiger partial charge in [0.05, 0.1) is 0 Å². The first kappa shape index (κ1) is 18.4. The number of carbonyl (C=O) groups excluding carboxylic acids is 2. The highest BCUT2D eigenvalue weighted by Gasteiger charge is 2.32. The maximum absolute atomic E-state index is 12.9. The van der Waals surface area contributed by atoms with E-state index in [0.717, 1.165) is 29.5 Å². The Bertz CT molecular complexity index is 823. The smallest absolute Gasteiger partial charge is 0.261 e. The lowest BCUT2D eigenvalue weighted by Crippen LogP contribution is -2.43. The van der Waals surface area contributed by atoms with Gasteiger partial charge in [0, 0.05) is 53.8 Å². The normalized spacial score (nSPS) is 14.0. The van der Waals surface area contributed by atoms with Gasteiger partial charge in [-0.15, -0.1) is 0 Å². The van der Waals surface area contributed by atoms with Crippen molar-refractivity contribution in [3.05, 3.63) is 41.5 Å². The van der Waals surface area contributed by atoms with Crippen LogP contribution in [0.3, 0.4) is 0 Å². The standard InChI is InChI=1S/C20H26N4O2/c1-22(2)11-10-21-17-9-8-16-18-14(17)6-5-7-15(18)19(25)24(20(16)26)13-12-23(3)4/h5-9,21H,10-13H2,1-4H3. The number of rotatable bonds is 7. The second-order valence-corrected chi connectivity index (χ2v) is 7.18. The van der Waals surface area contributed by atoms with Gasteiger partial charge < -0.3 is 15.1 Å². The quantitative estimate of drug-likeness (QED) is 0.771. The van der Waals surface area contributed by atoms with Gasteiger partial charge in [-0.1, -0.05) is 12.1 Å². The summed E-state index contributed by atoms with van der Waals surface area (Å²) >= 11 is 0. The zero-order valence-corrected chi connectivity index (χ0v) is 15.9. The van der Waals surface area contributed by atoms with Crippen LogP contribution in [0.4, 0.5) is 5.69 Å². The van der Waals surface area contributed by atoms with Gasteiger partial charge >= 0.3 is 0 Å². The average Bonchev–Trinajstić information content (AvgIpc) is 2.59. The summed E-state index contributed by atoms with van der Waals surface area (Å²) in [4.78, 5) is 31.2. The van der Waals surface area contributed by atoms with Crippen molar-refractivity contribution in [2.75, 3.05) is 59.7 Å². The highest BCUT2D eigenvalue weighted by molar-refractivity contribution is 6.26. The Balaban J connectivity index is 1.99. The summed E-state index contributed by atoms with van der Waals surface area (Å²) in [6.45, 7) is 2.73. The van der Waals surface area contributed by atoms with Crippen molar-refractivity contribution >= 4 is 28.3 Å². The molecular weight excluding hydrogens is 328 g/mol. The van der Waals surface area contributed by atoms with E-state index in [2.05, 4.69) is 10.2 Å². The number of nitrogens with zero attached hydrogens (tertiary/aromatic N) is 3. The number of carbonyl (C=O) groups is 2. The fourth-order valence-corrected chi connectivity index (χ4v) is 3.22. The molecule has 1 N–H and O–H groups in total. The third kappa shape index (κ3) is 3.43. The van der Waals surface area contributed by atoms with Gasteiger partial charge in [0.25, 0.3) is 11.8 Å². The summed E-state index contributed by atoms with van der Waals surface area (Å²) in [5.41, 5.74) is 2.16. The van der Waals surface area contributed by atoms with Gasteiger partial charge in [0.1, 0.15) is 0 Å². The van der Waals surface area contributed by atoms with Gasteiger partial charge in [-0.3, -0.25) is 14.5 Å². The third-order valence-electron chi connectivity index (χ3n) is 4.64. The Morgan fingerprint density at radius 1 is 0.885 bits per heavy atom. The molecule has 0 aliphatic carbocycles. The van der Waals surface area contributed by atoms with E-state index < -0.39 is 0 Å². The molecule has 2 amide bonds. The van der Waals surface area contributed by atoms with E-state index in [9.17, 15) is 9.59 Å². The lowest BCUT2D eigenvalue weighted by Gasteiger charge is -2.28. The van der Waals surface area contributed by atoms with E-state index in [1.54, 1.807) is 0 Å². The molecule has 0 atom stereocenters. The molecule has 0 bridgehead atoms. The third-order valence-corrected chi connectivity index (χ3v) is 4.64. The molecule has 0 radical (unpaired) electrons. The van der Waals surface area contributed by atoms with Crippen molar-refractivity contribution in [2.24, 2.45) is 0 Å². The van der Waals surface area contributed by atoms with Gasteiger partial charge in [-0.25, -0.2) is 0 Å². The van der Waals surface area contributed by atoms with Crippen LogP contribution in [0.5, 0.6) is 0 Å². The Kier molecular flexibility index (Phi) is 5.25. The summed E-state index contributed by atoms with van der Waals surface area (Å²) in [6.07, 6.45) is 0. The maximum Gasteiger partial charge on any atom is 0.261 e. The molecule has 6 heteroatoms. The highest BCUT2D eigenvalue weighted by Crippen LogP contribution is 2.34. The van der Waals surface area contributed by atoms with Crippen LogP contribution in [0, 0.1) is 0 Å². The fourth-order valence-electron chi connectivity index (χ4n) is 3.22. The second-order valence-electron chi connectivity index (χ2n) is 7.18. The van der Waals surface area contributed by atoms with Crippen LogP contribution in [0.1, 0.15) is 20.7 Å². The van der Waals surface area contributed by atoms with Crippen LogP contribution in [-0.4, -0.2) is 80.9 Å². The molecule has 0 saturated heterocycles. The van der Waals surface area contributed by atoms with Crippen LogP contribution >= 0.6 is 0 Å². The number of anilines is 1. The number of likely N-dealkylation sites (N-methyl/N-ethyl adjacent to an activating group) is 2. The predicted octanol–water partition coefficient (Wildman–Crippen LogP) is 1.97.